The molecule has 0 aliphatic heterocycles. The second kappa shape index (κ2) is 6.06. The van der Waals surface area contributed by atoms with Gasteiger partial charge < -0.3 is 10.5 Å². The molecule has 1 aliphatic carbocycles. The van der Waals surface area contributed by atoms with Crippen LogP contribution < -0.4 is 15.2 Å². The van der Waals surface area contributed by atoms with Crippen molar-refractivity contribution in [3.63, 3.8) is 0 Å². The lowest BCUT2D eigenvalue weighted by molar-refractivity contribution is 0.402. The Morgan fingerprint density at radius 2 is 2.14 bits per heavy atom. The van der Waals surface area contributed by atoms with Crippen LogP contribution in [0.4, 0.5) is 0 Å². The zero-order chi connectivity index (χ0) is 15.5. The molecular formula is C15H20N2O3S. The SMILES string of the molecule is COc1ccc(C#CCN)cc1S(=O)(=O)NCC1(C)CC1. The van der Waals surface area contributed by atoms with E-state index in [4.69, 9.17) is 10.5 Å². The number of sulfonamides is 1. The molecule has 0 saturated heterocycles. The number of hydrogen-bond donors (Lipinski definition) is 2. The molecule has 0 spiro atoms. The van der Waals surface area contributed by atoms with E-state index in [9.17, 15) is 8.42 Å². The lowest BCUT2D eigenvalue weighted by atomic mass is 10.2. The van der Waals surface area contributed by atoms with Crippen LogP contribution >= 0.6 is 0 Å². The van der Waals surface area contributed by atoms with E-state index in [2.05, 4.69) is 23.5 Å². The predicted octanol–water partition coefficient (Wildman–Crippen LogP) is 1.08. The summed E-state index contributed by atoms with van der Waals surface area (Å²) in [5.74, 6) is 5.85. The maximum atomic E-state index is 12.4. The molecule has 0 heterocycles. The Hall–Kier alpha value is -1.55. The highest BCUT2D eigenvalue weighted by atomic mass is 32.2. The van der Waals surface area contributed by atoms with E-state index in [0.29, 0.717) is 17.9 Å². The largest absolute Gasteiger partial charge is 0.495 e. The Labute approximate surface area is 125 Å². The van der Waals surface area contributed by atoms with Crippen LogP contribution in [-0.2, 0) is 10.0 Å². The maximum Gasteiger partial charge on any atom is 0.244 e. The van der Waals surface area contributed by atoms with E-state index in [1.807, 2.05) is 0 Å². The van der Waals surface area contributed by atoms with Crippen molar-refractivity contribution in [3.05, 3.63) is 23.8 Å². The first-order chi connectivity index (χ1) is 9.90. The monoisotopic (exact) mass is 308 g/mol. The van der Waals surface area contributed by atoms with E-state index >= 15 is 0 Å². The van der Waals surface area contributed by atoms with Crippen LogP contribution in [0, 0.1) is 17.3 Å². The molecule has 114 valence electrons. The van der Waals surface area contributed by atoms with Gasteiger partial charge in [-0.15, -0.1) is 0 Å². The van der Waals surface area contributed by atoms with Gasteiger partial charge in [-0.3, -0.25) is 0 Å². The summed E-state index contributed by atoms with van der Waals surface area (Å²) in [5, 5.41) is 0. The van der Waals surface area contributed by atoms with Crippen LogP contribution in [0.5, 0.6) is 5.75 Å². The second-order valence-corrected chi connectivity index (χ2v) is 7.24. The highest BCUT2D eigenvalue weighted by molar-refractivity contribution is 7.89. The van der Waals surface area contributed by atoms with Crippen molar-refractivity contribution in [1.82, 2.24) is 4.72 Å². The smallest absolute Gasteiger partial charge is 0.244 e. The molecule has 6 heteroatoms. The highest BCUT2D eigenvalue weighted by Crippen LogP contribution is 2.44. The van der Waals surface area contributed by atoms with Crippen LogP contribution in [0.2, 0.25) is 0 Å². The summed E-state index contributed by atoms with van der Waals surface area (Å²) in [5.41, 5.74) is 6.02. The molecular weight excluding hydrogens is 288 g/mol. The molecule has 1 saturated carbocycles. The van der Waals surface area contributed by atoms with Crippen molar-refractivity contribution in [2.45, 2.75) is 24.7 Å². The van der Waals surface area contributed by atoms with Crippen molar-refractivity contribution in [3.8, 4) is 17.6 Å². The third-order valence-electron chi connectivity index (χ3n) is 3.58. The first-order valence-corrected chi connectivity index (χ1v) is 8.25. The lowest BCUT2D eigenvalue weighted by Crippen LogP contribution is -2.29. The van der Waals surface area contributed by atoms with Crippen molar-refractivity contribution in [2.75, 3.05) is 20.2 Å². The van der Waals surface area contributed by atoms with Crippen LogP contribution in [0.1, 0.15) is 25.3 Å². The van der Waals surface area contributed by atoms with Gasteiger partial charge in [-0.2, -0.15) is 0 Å². The molecule has 0 unspecified atom stereocenters. The summed E-state index contributed by atoms with van der Waals surface area (Å²) in [6.45, 7) is 2.73. The topological polar surface area (TPSA) is 81.4 Å². The Kier molecular flexibility index (Phi) is 4.57. The average molecular weight is 308 g/mol. The van der Waals surface area contributed by atoms with E-state index in [1.165, 1.54) is 13.2 Å². The van der Waals surface area contributed by atoms with Gasteiger partial charge in [0.1, 0.15) is 10.6 Å². The Balaban J connectivity index is 2.30. The van der Waals surface area contributed by atoms with Gasteiger partial charge in [0.2, 0.25) is 10.0 Å². The molecule has 0 radical (unpaired) electrons. The summed E-state index contributed by atoms with van der Waals surface area (Å²) < 4.78 is 32.7. The maximum absolute atomic E-state index is 12.4. The second-order valence-electron chi connectivity index (χ2n) is 5.51. The normalized spacial score (nSPS) is 16.0. The zero-order valence-corrected chi connectivity index (χ0v) is 13.1. The van der Waals surface area contributed by atoms with E-state index in [1.54, 1.807) is 12.1 Å². The average Bonchev–Trinajstić information content (AvgIpc) is 3.21. The Morgan fingerprint density at radius 3 is 2.71 bits per heavy atom. The van der Waals surface area contributed by atoms with Gasteiger partial charge >= 0.3 is 0 Å². The van der Waals surface area contributed by atoms with Gasteiger partial charge in [-0.1, -0.05) is 18.8 Å². The third-order valence-corrected chi connectivity index (χ3v) is 5.00. The number of benzene rings is 1. The number of nitrogens with two attached hydrogens (primary N) is 1. The third kappa shape index (κ3) is 3.97. The van der Waals surface area contributed by atoms with Crippen molar-refractivity contribution >= 4 is 10.0 Å². The van der Waals surface area contributed by atoms with Crippen LogP contribution in [0.3, 0.4) is 0 Å². The highest BCUT2D eigenvalue weighted by Gasteiger charge is 2.38. The molecule has 0 aromatic heterocycles. The molecule has 1 aromatic rings. The van der Waals surface area contributed by atoms with Crippen LogP contribution in [0.15, 0.2) is 23.1 Å². The molecule has 0 bridgehead atoms. The fourth-order valence-corrected chi connectivity index (χ4v) is 3.25. The molecule has 1 fully saturated rings. The summed E-state index contributed by atoms with van der Waals surface area (Å²) in [6, 6.07) is 4.83. The molecule has 1 aromatic carbocycles. The summed E-state index contributed by atoms with van der Waals surface area (Å²) >= 11 is 0. The van der Waals surface area contributed by atoms with Crippen molar-refractivity contribution in [2.24, 2.45) is 11.1 Å². The van der Waals surface area contributed by atoms with Crippen molar-refractivity contribution < 1.29 is 13.2 Å². The first-order valence-electron chi connectivity index (χ1n) is 6.77. The fourth-order valence-electron chi connectivity index (χ4n) is 1.85. The number of nitrogens with one attached hydrogen (secondary N) is 1. The number of ether oxygens (including phenoxy) is 1. The zero-order valence-electron chi connectivity index (χ0n) is 12.3. The molecule has 21 heavy (non-hydrogen) atoms. The van der Waals surface area contributed by atoms with Crippen LogP contribution in [0.25, 0.3) is 0 Å². The minimum absolute atomic E-state index is 0.0945. The van der Waals surface area contributed by atoms with E-state index in [0.717, 1.165) is 12.8 Å². The molecule has 5 nitrogen and oxygen atoms in total. The van der Waals surface area contributed by atoms with Crippen LogP contribution in [-0.4, -0.2) is 28.6 Å². The predicted molar refractivity (Wildman–Crippen MR) is 81.5 cm³/mol. The van der Waals surface area contributed by atoms with Gasteiger partial charge in [0, 0.05) is 12.1 Å². The van der Waals surface area contributed by atoms with Gasteiger partial charge in [0.15, 0.2) is 0 Å². The minimum Gasteiger partial charge on any atom is -0.495 e. The summed E-state index contributed by atoms with van der Waals surface area (Å²) in [7, 11) is -2.17. The molecule has 3 N–H and O–H groups in total. The standard InChI is InChI=1S/C15H20N2O3S/c1-15(7-8-15)11-17-21(18,19)14-10-12(4-3-9-16)5-6-13(14)20-2/h5-6,10,17H,7-9,11,16H2,1-2H3. The van der Waals surface area contributed by atoms with Gasteiger partial charge in [0.25, 0.3) is 0 Å². The quantitative estimate of drug-likeness (QED) is 0.798. The molecule has 0 amide bonds. The van der Waals surface area contributed by atoms with Gasteiger partial charge in [-0.25, -0.2) is 13.1 Å². The van der Waals surface area contributed by atoms with E-state index in [-0.39, 0.29) is 16.9 Å². The van der Waals surface area contributed by atoms with Gasteiger partial charge in [-0.05, 0) is 36.5 Å². The first kappa shape index (κ1) is 15.8. The summed E-state index contributed by atoms with van der Waals surface area (Å²) in [6.07, 6.45) is 2.10. The number of hydrogen-bond acceptors (Lipinski definition) is 4. The fraction of sp³-hybridized carbons (Fsp3) is 0.467. The molecule has 1 aliphatic rings. The Bertz CT molecular complexity index is 683. The number of methoxy groups -OCH3 is 1. The lowest BCUT2D eigenvalue weighted by Gasteiger charge is -2.13. The number of rotatable bonds is 5. The Morgan fingerprint density at radius 1 is 1.43 bits per heavy atom. The van der Waals surface area contributed by atoms with Crippen molar-refractivity contribution in [1.29, 1.82) is 0 Å². The molecule has 2 rings (SSSR count). The summed E-state index contributed by atoms with van der Waals surface area (Å²) in [4.78, 5) is 0.109. The van der Waals surface area contributed by atoms with Gasteiger partial charge in [0.05, 0.1) is 13.7 Å². The molecule has 0 atom stereocenters. The van der Waals surface area contributed by atoms with E-state index < -0.39 is 10.0 Å². The minimum atomic E-state index is -3.62.